The van der Waals surface area contributed by atoms with E-state index in [4.69, 9.17) is 17.3 Å². The third kappa shape index (κ3) is 2.58. The Balaban J connectivity index is 3.77. The van der Waals surface area contributed by atoms with Crippen LogP contribution in [0.25, 0.3) is 0 Å². The number of hydrogen-bond acceptors (Lipinski definition) is 5. The molecule has 0 atom stereocenters. The zero-order chi connectivity index (χ0) is 14.1. The maximum atomic E-state index is 11.6. The molecule has 1 rings (SSSR count). The lowest BCUT2D eigenvalue weighted by Crippen LogP contribution is -2.05. The van der Waals surface area contributed by atoms with Crippen molar-refractivity contribution in [3.05, 3.63) is 41.1 Å². The molecule has 8 heteroatoms. The molecule has 18 heavy (non-hydrogen) atoms. The second kappa shape index (κ2) is 4.75. The van der Waals surface area contributed by atoms with E-state index >= 15 is 0 Å². The van der Waals surface area contributed by atoms with E-state index in [1.165, 1.54) is 0 Å². The van der Waals surface area contributed by atoms with Gasteiger partial charge >= 0.3 is 0 Å². The summed E-state index contributed by atoms with van der Waals surface area (Å²) in [4.78, 5) is -0.726. The highest BCUT2D eigenvalue weighted by molar-refractivity contribution is 7.95. The van der Waals surface area contributed by atoms with Gasteiger partial charge in [0.1, 0.15) is 0 Å². The largest absolute Gasteiger partial charge is 0.398 e. The summed E-state index contributed by atoms with van der Waals surface area (Å²) in [5, 5.41) is 1.18. The lowest BCUT2D eigenvalue weighted by Gasteiger charge is -2.08. The molecule has 5 nitrogen and oxygen atoms in total. The molecule has 0 aromatic heterocycles. The smallest absolute Gasteiger partial charge is 0.201 e. The maximum absolute atomic E-state index is 11.6. The molecular formula is C10H10ClNO4S2. The zero-order valence-electron chi connectivity index (χ0n) is 9.13. The Labute approximate surface area is 110 Å². The third-order valence-electron chi connectivity index (χ3n) is 2.12. The molecule has 0 unspecified atom stereocenters. The van der Waals surface area contributed by atoms with Crippen LogP contribution in [0.4, 0.5) is 5.69 Å². The summed E-state index contributed by atoms with van der Waals surface area (Å²) in [5.41, 5.74) is 5.35. The number of nitrogen functional groups attached to an aromatic ring is 1. The van der Waals surface area contributed by atoms with Crippen molar-refractivity contribution in [1.82, 2.24) is 0 Å². The summed E-state index contributed by atoms with van der Waals surface area (Å²) in [6.07, 6.45) is 0. The standard InChI is InChI=1S/C10H10ClNO4S2/c1-3-17(13,14)9-6-10(18(15,16)4-2)8(12)5-7(9)11/h3-6H,1-2,12H2. The normalized spacial score (nSPS) is 12.1. The average Bonchev–Trinajstić information content (AvgIpc) is 2.28. The van der Waals surface area contributed by atoms with Crippen molar-refractivity contribution < 1.29 is 16.8 Å². The Kier molecular flexibility index (Phi) is 3.89. The van der Waals surface area contributed by atoms with Gasteiger partial charge in [-0.05, 0) is 12.1 Å². The number of sulfone groups is 2. The van der Waals surface area contributed by atoms with Gasteiger partial charge in [-0.2, -0.15) is 0 Å². The van der Waals surface area contributed by atoms with Crippen molar-refractivity contribution in [2.45, 2.75) is 9.79 Å². The predicted molar refractivity (Wildman–Crippen MR) is 70.6 cm³/mol. The van der Waals surface area contributed by atoms with Crippen molar-refractivity contribution in [2.24, 2.45) is 0 Å². The highest BCUT2D eigenvalue weighted by Gasteiger charge is 2.21. The molecule has 0 heterocycles. The molecule has 0 saturated heterocycles. The van der Waals surface area contributed by atoms with Gasteiger partial charge in [-0.25, -0.2) is 16.8 Å². The Hall–Kier alpha value is -1.31. The molecule has 0 fully saturated rings. The van der Waals surface area contributed by atoms with E-state index in [0.29, 0.717) is 10.8 Å². The number of hydrogen-bond donors (Lipinski definition) is 1. The quantitative estimate of drug-likeness (QED) is 0.855. The summed E-state index contributed by atoms with van der Waals surface area (Å²) in [5.74, 6) is 0. The summed E-state index contributed by atoms with van der Waals surface area (Å²) >= 11 is 5.73. The molecule has 2 N–H and O–H groups in total. The number of nitrogens with two attached hydrogens (primary N) is 1. The minimum Gasteiger partial charge on any atom is -0.398 e. The number of halogens is 1. The average molecular weight is 308 g/mol. The second-order valence-electron chi connectivity index (χ2n) is 3.24. The fourth-order valence-corrected chi connectivity index (χ4v) is 3.40. The first kappa shape index (κ1) is 14.7. The fraction of sp³-hybridized carbons (Fsp3) is 0. The Bertz CT molecular complexity index is 661. The van der Waals surface area contributed by atoms with Crippen molar-refractivity contribution >= 4 is 37.0 Å². The topological polar surface area (TPSA) is 94.3 Å². The van der Waals surface area contributed by atoms with E-state index in [1.54, 1.807) is 0 Å². The predicted octanol–water partition coefficient (Wildman–Crippen LogP) is 1.76. The minimum atomic E-state index is -3.86. The molecule has 98 valence electrons. The van der Waals surface area contributed by atoms with Crippen molar-refractivity contribution in [1.29, 1.82) is 0 Å². The van der Waals surface area contributed by atoms with E-state index < -0.39 is 19.7 Å². The lowest BCUT2D eigenvalue weighted by molar-refractivity contribution is 0.603. The van der Waals surface area contributed by atoms with E-state index in [0.717, 1.165) is 12.1 Å². The van der Waals surface area contributed by atoms with Gasteiger partial charge in [0.2, 0.25) is 19.7 Å². The number of rotatable bonds is 4. The highest BCUT2D eigenvalue weighted by Crippen LogP contribution is 2.31. The molecule has 0 aliphatic carbocycles. The third-order valence-corrected chi connectivity index (χ3v) is 5.34. The fourth-order valence-electron chi connectivity index (χ4n) is 1.19. The summed E-state index contributed by atoms with van der Waals surface area (Å²) in [7, 11) is -7.71. The van der Waals surface area contributed by atoms with Crippen LogP contribution in [0.3, 0.4) is 0 Å². The van der Waals surface area contributed by atoms with Crippen LogP contribution in [0.1, 0.15) is 0 Å². The summed E-state index contributed by atoms with van der Waals surface area (Å²) in [6, 6.07) is 1.96. The summed E-state index contributed by atoms with van der Waals surface area (Å²) in [6.45, 7) is 6.28. The molecule has 1 aromatic carbocycles. The number of anilines is 1. The first-order valence-corrected chi connectivity index (χ1v) is 7.97. The van der Waals surface area contributed by atoms with E-state index in [1.807, 2.05) is 0 Å². The van der Waals surface area contributed by atoms with E-state index in [2.05, 4.69) is 13.2 Å². The van der Waals surface area contributed by atoms with Crippen LogP contribution in [0.15, 0.2) is 45.9 Å². The van der Waals surface area contributed by atoms with Crippen LogP contribution in [0, 0.1) is 0 Å². The number of benzene rings is 1. The van der Waals surface area contributed by atoms with Crippen LogP contribution in [-0.4, -0.2) is 16.8 Å². The monoisotopic (exact) mass is 307 g/mol. The van der Waals surface area contributed by atoms with Gasteiger partial charge in [-0.3, -0.25) is 0 Å². The first-order chi connectivity index (χ1) is 8.15. The summed E-state index contributed by atoms with van der Waals surface area (Å²) < 4.78 is 46.6. The van der Waals surface area contributed by atoms with Crippen molar-refractivity contribution in [3.63, 3.8) is 0 Å². The lowest BCUT2D eigenvalue weighted by atomic mass is 10.3. The Morgan fingerprint density at radius 3 is 1.89 bits per heavy atom. The molecule has 0 bridgehead atoms. The Morgan fingerprint density at radius 2 is 1.44 bits per heavy atom. The van der Waals surface area contributed by atoms with Crippen molar-refractivity contribution in [3.8, 4) is 0 Å². The van der Waals surface area contributed by atoms with Crippen LogP contribution < -0.4 is 5.73 Å². The Morgan fingerprint density at radius 1 is 1.00 bits per heavy atom. The second-order valence-corrected chi connectivity index (χ2v) is 7.38. The van der Waals surface area contributed by atoms with Gasteiger partial charge < -0.3 is 5.73 Å². The molecule has 0 aliphatic heterocycles. The van der Waals surface area contributed by atoms with E-state index in [9.17, 15) is 16.8 Å². The van der Waals surface area contributed by atoms with Gasteiger partial charge in [-0.1, -0.05) is 24.8 Å². The molecule has 0 amide bonds. The highest BCUT2D eigenvalue weighted by atomic mass is 35.5. The maximum Gasteiger partial charge on any atom is 0.201 e. The van der Waals surface area contributed by atoms with Gasteiger partial charge in [0, 0.05) is 10.8 Å². The van der Waals surface area contributed by atoms with E-state index in [-0.39, 0.29) is 20.5 Å². The van der Waals surface area contributed by atoms with Crippen molar-refractivity contribution in [2.75, 3.05) is 5.73 Å². The SMILES string of the molecule is C=CS(=O)(=O)c1cc(S(=O)(=O)C=C)c(Cl)cc1N. The van der Waals surface area contributed by atoms with Gasteiger partial charge in [0.05, 0.1) is 20.5 Å². The van der Waals surface area contributed by atoms with Crippen LogP contribution in [-0.2, 0) is 19.7 Å². The molecule has 0 radical (unpaired) electrons. The van der Waals surface area contributed by atoms with Crippen LogP contribution >= 0.6 is 11.6 Å². The van der Waals surface area contributed by atoms with Crippen LogP contribution in [0.2, 0.25) is 5.02 Å². The molecule has 0 saturated carbocycles. The van der Waals surface area contributed by atoms with Gasteiger partial charge in [0.25, 0.3) is 0 Å². The van der Waals surface area contributed by atoms with Gasteiger partial charge in [0.15, 0.2) is 0 Å². The minimum absolute atomic E-state index is 0.150. The molecule has 1 aromatic rings. The van der Waals surface area contributed by atoms with Gasteiger partial charge in [-0.15, -0.1) is 0 Å². The molecule has 0 aliphatic rings. The first-order valence-electron chi connectivity index (χ1n) is 4.50. The van der Waals surface area contributed by atoms with Crippen LogP contribution in [0.5, 0.6) is 0 Å². The molecular weight excluding hydrogens is 298 g/mol. The zero-order valence-corrected chi connectivity index (χ0v) is 11.5. The molecule has 0 spiro atoms.